The Morgan fingerprint density at radius 1 is 1.00 bits per heavy atom. The van der Waals surface area contributed by atoms with E-state index in [1.165, 1.54) is 33.2 Å². The van der Waals surface area contributed by atoms with Gasteiger partial charge in [-0.3, -0.25) is 4.79 Å². The smallest absolute Gasteiger partial charge is 0.228 e. The van der Waals surface area contributed by atoms with Gasteiger partial charge in [-0.25, -0.2) is 0 Å². The molecule has 3 aliphatic carbocycles. The van der Waals surface area contributed by atoms with Gasteiger partial charge in [0.2, 0.25) is 5.91 Å². The normalized spacial score (nSPS) is 30.2. The summed E-state index contributed by atoms with van der Waals surface area (Å²) in [6.45, 7) is 8.98. The van der Waals surface area contributed by atoms with E-state index in [0.717, 1.165) is 5.52 Å². The van der Waals surface area contributed by atoms with Gasteiger partial charge >= 0.3 is 0 Å². The number of fused-ring (bicyclic) bond motifs is 1. The summed E-state index contributed by atoms with van der Waals surface area (Å²) < 4.78 is 6.21. The van der Waals surface area contributed by atoms with Gasteiger partial charge in [0.05, 0.1) is 23.0 Å². The highest BCUT2D eigenvalue weighted by atomic mass is 16.5. The maximum absolute atomic E-state index is 14.8. The molecule has 4 aliphatic rings. The maximum atomic E-state index is 14.8. The van der Waals surface area contributed by atoms with Crippen molar-refractivity contribution in [2.45, 2.75) is 36.8 Å². The molecule has 4 atom stereocenters. The van der Waals surface area contributed by atoms with E-state index in [2.05, 4.69) is 109 Å². The minimum absolute atomic E-state index is 0.0292. The van der Waals surface area contributed by atoms with E-state index in [0.29, 0.717) is 6.54 Å². The molecule has 3 aromatic carbocycles. The van der Waals surface area contributed by atoms with E-state index in [-0.39, 0.29) is 29.8 Å². The molecule has 1 fully saturated rings. The Labute approximate surface area is 218 Å². The van der Waals surface area contributed by atoms with Crippen molar-refractivity contribution < 1.29 is 9.53 Å². The summed E-state index contributed by atoms with van der Waals surface area (Å²) in [7, 11) is 1.78. The Hall–Kier alpha value is -3.63. The number of benzene rings is 3. The molecule has 37 heavy (non-hydrogen) atoms. The third kappa shape index (κ3) is 2.50. The first-order valence-corrected chi connectivity index (χ1v) is 13.2. The molecular formula is C33H32N2O2. The number of ether oxygens (including phenoxy) is 1. The fourth-order valence-corrected chi connectivity index (χ4v) is 8.47. The number of amides is 1. The molecular weight excluding hydrogens is 456 g/mol. The van der Waals surface area contributed by atoms with Crippen LogP contribution >= 0.6 is 0 Å². The van der Waals surface area contributed by atoms with Crippen molar-refractivity contribution >= 4 is 16.8 Å². The minimum Gasteiger partial charge on any atom is -0.380 e. The van der Waals surface area contributed by atoms with E-state index in [1.807, 2.05) is 6.08 Å². The standard InChI is InChI=1S/C33H32N2O2/c1-5-18-35-31(36)30-29(32(35,3)26-19-34-27-17-11-8-12-21(26)27)28-22-13-6-9-15-24(22)33(30,20(2)37-4)25-16-10-7-14-23(25)28/h5-17,19-20,28-30,34H,1,18H2,2-4H3/t20-,28?,29-,30+,32+,33?/m1/s1. The van der Waals surface area contributed by atoms with E-state index >= 15 is 0 Å². The van der Waals surface area contributed by atoms with Crippen molar-refractivity contribution in [3.63, 3.8) is 0 Å². The number of H-pyrrole nitrogens is 1. The quantitative estimate of drug-likeness (QED) is 0.344. The second-order valence-electron chi connectivity index (χ2n) is 11.0. The van der Waals surface area contributed by atoms with Gasteiger partial charge in [-0.2, -0.15) is 0 Å². The zero-order valence-corrected chi connectivity index (χ0v) is 21.6. The number of hydrogen-bond donors (Lipinski definition) is 1. The minimum atomic E-state index is -0.582. The van der Waals surface area contributed by atoms with Crippen molar-refractivity contribution in [2.24, 2.45) is 11.8 Å². The van der Waals surface area contributed by atoms with E-state index in [9.17, 15) is 4.79 Å². The number of likely N-dealkylation sites (tertiary alicyclic amines) is 1. The first-order valence-electron chi connectivity index (χ1n) is 13.2. The number of aromatic nitrogens is 1. The van der Waals surface area contributed by atoms with Crippen LogP contribution in [0.1, 0.15) is 47.6 Å². The third-order valence-corrected chi connectivity index (χ3v) is 9.87. The molecule has 4 aromatic rings. The van der Waals surface area contributed by atoms with Crippen LogP contribution in [0.5, 0.6) is 0 Å². The van der Waals surface area contributed by atoms with Gasteiger partial charge in [-0.05, 0) is 42.2 Å². The highest BCUT2D eigenvalue weighted by Gasteiger charge is 2.72. The van der Waals surface area contributed by atoms with Gasteiger partial charge in [0.15, 0.2) is 0 Å². The molecule has 1 saturated heterocycles. The second-order valence-corrected chi connectivity index (χ2v) is 11.0. The van der Waals surface area contributed by atoms with Gasteiger partial charge in [-0.1, -0.05) is 72.8 Å². The molecule has 1 amide bonds. The number of methoxy groups -OCH3 is 1. The van der Waals surface area contributed by atoms with Crippen LogP contribution in [-0.4, -0.2) is 35.5 Å². The summed E-state index contributed by atoms with van der Waals surface area (Å²) in [4.78, 5) is 20.4. The van der Waals surface area contributed by atoms with Gasteiger partial charge in [0.25, 0.3) is 0 Å². The number of rotatable bonds is 5. The largest absolute Gasteiger partial charge is 0.380 e. The second kappa shape index (κ2) is 7.69. The molecule has 2 heterocycles. The van der Waals surface area contributed by atoms with Crippen molar-refractivity contribution in [2.75, 3.05) is 13.7 Å². The summed E-state index contributed by atoms with van der Waals surface area (Å²) in [5.41, 5.74) is 6.27. The SMILES string of the molecule is C=CCN1C(=O)[C@@H]2[C@@H](C3c4ccccc4C2([C@@H](C)OC)c2ccccc23)[C@]1(C)c1c[nH]c2ccccc12. The molecule has 1 aliphatic heterocycles. The lowest BCUT2D eigenvalue weighted by molar-refractivity contribution is -0.136. The van der Waals surface area contributed by atoms with Crippen molar-refractivity contribution in [1.82, 2.24) is 9.88 Å². The van der Waals surface area contributed by atoms with Crippen LogP contribution in [-0.2, 0) is 20.5 Å². The molecule has 2 bridgehead atoms. The average Bonchev–Trinajstić information content (AvgIpc) is 3.47. The Morgan fingerprint density at radius 3 is 2.27 bits per heavy atom. The summed E-state index contributed by atoms with van der Waals surface area (Å²) in [5.74, 6) is 0.0637. The van der Waals surface area contributed by atoms with Crippen LogP contribution in [0.3, 0.4) is 0 Å². The summed E-state index contributed by atoms with van der Waals surface area (Å²) in [5, 5.41) is 1.17. The highest BCUT2D eigenvalue weighted by Crippen LogP contribution is 2.70. The zero-order valence-electron chi connectivity index (χ0n) is 21.6. The van der Waals surface area contributed by atoms with Crippen LogP contribution in [0, 0.1) is 11.8 Å². The molecule has 0 spiro atoms. The van der Waals surface area contributed by atoms with Crippen LogP contribution in [0.25, 0.3) is 10.9 Å². The molecule has 1 aromatic heterocycles. The van der Waals surface area contributed by atoms with Crippen molar-refractivity contribution in [3.05, 3.63) is 119 Å². The first-order chi connectivity index (χ1) is 18.0. The van der Waals surface area contributed by atoms with Crippen molar-refractivity contribution in [1.29, 1.82) is 0 Å². The summed E-state index contributed by atoms with van der Waals surface area (Å²) in [6.07, 6.45) is 3.81. The number of para-hydroxylation sites is 1. The van der Waals surface area contributed by atoms with Gasteiger partial charge in [0, 0.05) is 48.2 Å². The molecule has 186 valence electrons. The Morgan fingerprint density at radius 2 is 1.62 bits per heavy atom. The molecule has 0 saturated carbocycles. The van der Waals surface area contributed by atoms with Crippen LogP contribution in [0.4, 0.5) is 0 Å². The Kier molecular flexibility index (Phi) is 4.69. The highest BCUT2D eigenvalue weighted by molar-refractivity contribution is 5.92. The average molecular weight is 489 g/mol. The maximum Gasteiger partial charge on any atom is 0.228 e. The van der Waals surface area contributed by atoms with E-state index in [1.54, 1.807) is 7.11 Å². The lowest BCUT2D eigenvalue weighted by Gasteiger charge is -2.59. The molecule has 0 radical (unpaired) electrons. The number of hydrogen-bond acceptors (Lipinski definition) is 2. The number of carbonyl (C=O) groups is 1. The molecule has 0 unspecified atom stereocenters. The molecule has 4 heteroatoms. The fourth-order valence-electron chi connectivity index (χ4n) is 8.47. The number of nitrogens with one attached hydrogen (secondary N) is 1. The Bertz CT molecular complexity index is 1520. The summed E-state index contributed by atoms with van der Waals surface area (Å²) in [6, 6.07) is 26.0. The topological polar surface area (TPSA) is 45.3 Å². The van der Waals surface area contributed by atoms with Gasteiger partial charge in [0.1, 0.15) is 0 Å². The van der Waals surface area contributed by atoms with Crippen LogP contribution < -0.4 is 0 Å². The zero-order chi connectivity index (χ0) is 25.5. The monoisotopic (exact) mass is 488 g/mol. The lowest BCUT2D eigenvalue weighted by atomic mass is 9.43. The molecule has 8 rings (SSSR count). The Balaban J connectivity index is 1.61. The van der Waals surface area contributed by atoms with E-state index in [4.69, 9.17) is 4.74 Å². The first kappa shape index (κ1) is 22.6. The number of aromatic amines is 1. The van der Waals surface area contributed by atoms with Gasteiger partial charge in [-0.15, -0.1) is 6.58 Å². The fraction of sp³-hybridized carbons (Fsp3) is 0.303. The van der Waals surface area contributed by atoms with Gasteiger partial charge < -0.3 is 14.6 Å². The predicted molar refractivity (Wildman–Crippen MR) is 147 cm³/mol. The van der Waals surface area contributed by atoms with Crippen molar-refractivity contribution in [3.8, 4) is 0 Å². The lowest BCUT2D eigenvalue weighted by Crippen LogP contribution is -2.60. The predicted octanol–water partition coefficient (Wildman–Crippen LogP) is 6.12. The number of nitrogens with zero attached hydrogens (tertiary/aromatic N) is 1. The van der Waals surface area contributed by atoms with Crippen LogP contribution in [0.15, 0.2) is 91.6 Å². The number of carbonyl (C=O) groups excluding carboxylic acids is 1. The molecule has 4 nitrogen and oxygen atoms in total. The third-order valence-electron chi connectivity index (χ3n) is 9.87. The molecule has 1 N–H and O–H groups in total. The van der Waals surface area contributed by atoms with Crippen LogP contribution in [0.2, 0.25) is 0 Å². The summed E-state index contributed by atoms with van der Waals surface area (Å²) >= 11 is 0. The van der Waals surface area contributed by atoms with E-state index < -0.39 is 11.0 Å².